The van der Waals surface area contributed by atoms with Gasteiger partial charge in [-0.3, -0.25) is 4.90 Å². The Bertz CT molecular complexity index is 709. The Morgan fingerprint density at radius 2 is 1.83 bits per heavy atom. The van der Waals surface area contributed by atoms with Gasteiger partial charge >= 0.3 is 0 Å². The van der Waals surface area contributed by atoms with Crippen molar-refractivity contribution < 1.29 is 0 Å². The number of hydrogen-bond acceptors (Lipinski definition) is 2. The SMILES string of the molecule is N#C[C@@](CCCl)(C[C@@H]1CN1Cc1ccc(Cl)cc1)c1ccccc1. The van der Waals surface area contributed by atoms with E-state index < -0.39 is 5.41 Å². The van der Waals surface area contributed by atoms with Gasteiger partial charge in [0.1, 0.15) is 0 Å². The number of nitrogens with zero attached hydrogens (tertiary/aromatic N) is 2. The zero-order valence-electron chi connectivity index (χ0n) is 13.5. The summed E-state index contributed by atoms with van der Waals surface area (Å²) in [6, 6.07) is 21.0. The van der Waals surface area contributed by atoms with E-state index in [1.54, 1.807) is 0 Å². The van der Waals surface area contributed by atoms with E-state index in [-0.39, 0.29) is 0 Å². The van der Waals surface area contributed by atoms with Crippen LogP contribution < -0.4 is 0 Å². The van der Waals surface area contributed by atoms with Crippen LogP contribution in [0.15, 0.2) is 54.6 Å². The Balaban J connectivity index is 1.69. The first kappa shape index (κ1) is 17.3. The molecule has 0 N–H and O–H groups in total. The average molecular weight is 359 g/mol. The van der Waals surface area contributed by atoms with Gasteiger partial charge in [-0.15, -0.1) is 11.6 Å². The molecule has 0 aromatic heterocycles. The smallest absolute Gasteiger partial charge is 0.0849 e. The summed E-state index contributed by atoms with van der Waals surface area (Å²) in [5, 5.41) is 10.7. The largest absolute Gasteiger partial charge is 0.293 e. The van der Waals surface area contributed by atoms with Crippen LogP contribution in [0.25, 0.3) is 0 Å². The van der Waals surface area contributed by atoms with E-state index in [4.69, 9.17) is 23.2 Å². The highest BCUT2D eigenvalue weighted by Crippen LogP contribution is 2.38. The molecular weight excluding hydrogens is 339 g/mol. The molecule has 1 saturated heterocycles. The number of alkyl halides is 1. The van der Waals surface area contributed by atoms with Gasteiger partial charge < -0.3 is 0 Å². The summed E-state index contributed by atoms with van der Waals surface area (Å²) in [5.41, 5.74) is 1.83. The molecule has 4 heteroatoms. The zero-order chi connectivity index (χ0) is 17.0. The maximum absolute atomic E-state index is 9.90. The molecule has 0 saturated carbocycles. The molecule has 3 rings (SSSR count). The van der Waals surface area contributed by atoms with Gasteiger partial charge in [0.05, 0.1) is 11.5 Å². The number of hydrogen-bond donors (Lipinski definition) is 0. The lowest BCUT2D eigenvalue weighted by Gasteiger charge is -2.26. The molecule has 0 bridgehead atoms. The molecule has 0 spiro atoms. The van der Waals surface area contributed by atoms with E-state index in [1.165, 1.54) is 5.56 Å². The lowest BCUT2D eigenvalue weighted by molar-refractivity contribution is 0.413. The van der Waals surface area contributed by atoms with Gasteiger partial charge in [0.2, 0.25) is 0 Å². The van der Waals surface area contributed by atoms with Crippen molar-refractivity contribution in [3.8, 4) is 6.07 Å². The molecule has 3 atom stereocenters. The van der Waals surface area contributed by atoms with Gasteiger partial charge in [0.25, 0.3) is 0 Å². The van der Waals surface area contributed by atoms with Crippen LogP contribution in [0, 0.1) is 11.3 Å². The minimum Gasteiger partial charge on any atom is -0.293 e. The van der Waals surface area contributed by atoms with Crippen LogP contribution in [0.3, 0.4) is 0 Å². The van der Waals surface area contributed by atoms with Crippen LogP contribution in [-0.4, -0.2) is 23.4 Å². The molecule has 1 aliphatic rings. The first-order valence-corrected chi connectivity index (χ1v) is 9.09. The fourth-order valence-electron chi connectivity index (χ4n) is 3.29. The maximum atomic E-state index is 9.90. The van der Waals surface area contributed by atoms with Crippen LogP contribution in [0.5, 0.6) is 0 Å². The van der Waals surface area contributed by atoms with Gasteiger partial charge in [-0.1, -0.05) is 54.1 Å². The quantitative estimate of drug-likeness (QED) is 0.514. The number of nitriles is 1. The minimum absolute atomic E-state index is 0.434. The van der Waals surface area contributed by atoms with E-state index in [1.807, 2.05) is 42.5 Å². The summed E-state index contributed by atoms with van der Waals surface area (Å²) in [4.78, 5) is 2.40. The molecular formula is C20H20Cl2N2. The van der Waals surface area contributed by atoms with E-state index in [2.05, 4.69) is 23.1 Å². The van der Waals surface area contributed by atoms with Crippen molar-refractivity contribution in [2.45, 2.75) is 30.8 Å². The van der Waals surface area contributed by atoms with Gasteiger partial charge in [-0.2, -0.15) is 5.26 Å². The Labute approximate surface area is 153 Å². The Morgan fingerprint density at radius 1 is 1.12 bits per heavy atom. The predicted molar refractivity (Wildman–Crippen MR) is 99.3 cm³/mol. The molecule has 1 aliphatic heterocycles. The zero-order valence-corrected chi connectivity index (χ0v) is 15.0. The molecule has 2 nitrogen and oxygen atoms in total. The van der Waals surface area contributed by atoms with Gasteiger partial charge in [-0.05, 0) is 36.1 Å². The van der Waals surface area contributed by atoms with Crippen molar-refractivity contribution in [1.29, 1.82) is 5.26 Å². The monoisotopic (exact) mass is 358 g/mol. The molecule has 0 aliphatic carbocycles. The first-order chi connectivity index (χ1) is 11.7. The van der Waals surface area contributed by atoms with Gasteiger partial charge in [0, 0.05) is 30.0 Å². The van der Waals surface area contributed by atoms with Crippen LogP contribution >= 0.6 is 23.2 Å². The third-order valence-corrected chi connectivity index (χ3v) is 5.21. The van der Waals surface area contributed by atoms with Crippen molar-refractivity contribution in [3.05, 3.63) is 70.7 Å². The number of benzene rings is 2. The van der Waals surface area contributed by atoms with Gasteiger partial charge in [-0.25, -0.2) is 0 Å². The fourth-order valence-corrected chi connectivity index (χ4v) is 3.73. The lowest BCUT2D eigenvalue weighted by Crippen LogP contribution is -2.28. The standard InChI is InChI=1S/C20H20Cl2N2/c21-11-10-20(15-23,17-4-2-1-3-5-17)12-19-14-24(19)13-16-6-8-18(22)9-7-16/h1-9,19H,10-14H2/t19-,20-,24?/m1/s1. The molecule has 2 aromatic rings. The predicted octanol–water partition coefficient (Wildman–Crippen LogP) is 5.00. The second kappa shape index (κ2) is 7.57. The first-order valence-electron chi connectivity index (χ1n) is 8.18. The third kappa shape index (κ3) is 3.92. The fraction of sp³-hybridized carbons (Fsp3) is 0.350. The Morgan fingerprint density at radius 3 is 2.46 bits per heavy atom. The van der Waals surface area contributed by atoms with E-state index in [9.17, 15) is 5.26 Å². The van der Waals surface area contributed by atoms with Crippen LogP contribution in [0.4, 0.5) is 0 Å². The van der Waals surface area contributed by atoms with E-state index in [0.29, 0.717) is 18.3 Å². The van der Waals surface area contributed by atoms with Gasteiger partial charge in [0.15, 0.2) is 0 Å². The lowest BCUT2D eigenvalue weighted by atomic mass is 9.75. The maximum Gasteiger partial charge on any atom is 0.0849 e. The van der Waals surface area contributed by atoms with E-state index in [0.717, 1.165) is 30.1 Å². The van der Waals surface area contributed by atoms with Crippen molar-refractivity contribution >= 4 is 23.2 Å². The normalized spacial score (nSPS) is 21.7. The van der Waals surface area contributed by atoms with Crippen LogP contribution in [0.2, 0.25) is 5.02 Å². The highest BCUT2D eigenvalue weighted by molar-refractivity contribution is 6.30. The van der Waals surface area contributed by atoms with Crippen molar-refractivity contribution in [2.24, 2.45) is 0 Å². The number of rotatable bonds is 7. The molecule has 2 aromatic carbocycles. The second-order valence-electron chi connectivity index (χ2n) is 6.41. The summed E-state index contributed by atoms with van der Waals surface area (Å²) < 4.78 is 0. The second-order valence-corrected chi connectivity index (χ2v) is 7.23. The molecule has 1 fully saturated rings. The molecule has 1 unspecified atom stereocenters. The van der Waals surface area contributed by atoms with Crippen molar-refractivity contribution in [1.82, 2.24) is 4.90 Å². The van der Waals surface area contributed by atoms with E-state index >= 15 is 0 Å². The van der Waals surface area contributed by atoms with Crippen LogP contribution in [0.1, 0.15) is 24.0 Å². The Hall–Kier alpha value is -1.53. The third-order valence-electron chi connectivity index (χ3n) is 4.77. The average Bonchev–Trinajstić information content (AvgIpc) is 3.34. The Kier molecular flexibility index (Phi) is 5.46. The molecule has 0 radical (unpaired) electrons. The molecule has 24 heavy (non-hydrogen) atoms. The highest BCUT2D eigenvalue weighted by atomic mass is 35.5. The summed E-state index contributed by atoms with van der Waals surface area (Å²) in [5.74, 6) is 0.492. The molecule has 124 valence electrons. The van der Waals surface area contributed by atoms with Crippen LogP contribution in [-0.2, 0) is 12.0 Å². The highest BCUT2D eigenvalue weighted by Gasteiger charge is 2.43. The topological polar surface area (TPSA) is 26.8 Å². The minimum atomic E-state index is -0.498. The number of halogens is 2. The summed E-state index contributed by atoms with van der Waals surface area (Å²) in [6.07, 6.45) is 1.51. The molecule has 1 heterocycles. The summed E-state index contributed by atoms with van der Waals surface area (Å²) in [6.45, 7) is 1.93. The van der Waals surface area contributed by atoms with Crippen molar-refractivity contribution in [2.75, 3.05) is 12.4 Å². The molecule has 0 amide bonds. The van der Waals surface area contributed by atoms with Crippen molar-refractivity contribution in [3.63, 3.8) is 0 Å². The summed E-state index contributed by atoms with van der Waals surface area (Å²) >= 11 is 12.0. The summed E-state index contributed by atoms with van der Waals surface area (Å²) in [7, 11) is 0.